The zero-order chi connectivity index (χ0) is 11.6. The Hall–Kier alpha value is -1.14. The maximum Gasteiger partial charge on any atom is 0.352 e. The number of esters is 2. The minimum absolute atomic E-state index is 0.654. The van der Waals surface area contributed by atoms with Gasteiger partial charge in [-0.1, -0.05) is 0 Å². The van der Waals surface area contributed by atoms with E-state index in [1.165, 1.54) is 14.2 Å². The summed E-state index contributed by atoms with van der Waals surface area (Å²) >= 11 is 0. The van der Waals surface area contributed by atoms with Gasteiger partial charge in [-0.3, -0.25) is 0 Å². The van der Waals surface area contributed by atoms with E-state index in [9.17, 15) is 9.59 Å². The molecule has 2 atom stereocenters. The second-order valence-corrected chi connectivity index (χ2v) is 3.18. The molecule has 0 bridgehead atoms. The molecule has 1 aliphatic rings. The summed E-state index contributed by atoms with van der Waals surface area (Å²) in [6.45, 7) is 3.14. The van der Waals surface area contributed by atoms with Crippen LogP contribution in [-0.4, -0.2) is 44.2 Å². The van der Waals surface area contributed by atoms with E-state index in [4.69, 9.17) is 9.47 Å². The smallest absolute Gasteiger partial charge is 0.352 e. The lowest BCUT2D eigenvalue weighted by atomic mass is 9.98. The molecule has 0 aliphatic carbocycles. The van der Waals surface area contributed by atoms with Gasteiger partial charge in [0.25, 0.3) is 5.60 Å². The van der Waals surface area contributed by atoms with Crippen LogP contribution >= 0.6 is 0 Å². The molecular formula is C9H14O6. The van der Waals surface area contributed by atoms with Crippen LogP contribution in [0.1, 0.15) is 13.8 Å². The molecule has 1 aliphatic heterocycles. The van der Waals surface area contributed by atoms with Gasteiger partial charge in [0.1, 0.15) is 6.10 Å². The summed E-state index contributed by atoms with van der Waals surface area (Å²) in [5.41, 5.74) is -1.80. The average Bonchev–Trinajstić information content (AvgIpc) is 2.52. The molecule has 0 aromatic rings. The van der Waals surface area contributed by atoms with Crippen LogP contribution < -0.4 is 0 Å². The molecule has 0 amide bonds. The fourth-order valence-electron chi connectivity index (χ4n) is 1.58. The highest BCUT2D eigenvalue weighted by Crippen LogP contribution is 2.32. The Bertz CT molecular complexity index is 258. The third-order valence-corrected chi connectivity index (χ3v) is 2.30. The van der Waals surface area contributed by atoms with Gasteiger partial charge < -0.3 is 18.9 Å². The molecule has 0 N–H and O–H groups in total. The molecule has 15 heavy (non-hydrogen) atoms. The molecule has 1 saturated heterocycles. The number of carbonyl (C=O) groups is 2. The van der Waals surface area contributed by atoms with E-state index >= 15 is 0 Å². The van der Waals surface area contributed by atoms with Crippen LogP contribution in [0.15, 0.2) is 0 Å². The molecule has 2 unspecified atom stereocenters. The minimum atomic E-state index is -1.80. The highest BCUT2D eigenvalue weighted by Gasteiger charge is 2.60. The van der Waals surface area contributed by atoms with Crippen molar-refractivity contribution < 1.29 is 28.5 Å². The van der Waals surface area contributed by atoms with Crippen molar-refractivity contribution in [2.45, 2.75) is 31.8 Å². The number of hydrogen-bond acceptors (Lipinski definition) is 6. The van der Waals surface area contributed by atoms with E-state index < -0.39 is 29.9 Å². The van der Waals surface area contributed by atoms with Gasteiger partial charge in [0.05, 0.1) is 14.2 Å². The van der Waals surface area contributed by atoms with Crippen molar-refractivity contribution >= 4 is 11.9 Å². The van der Waals surface area contributed by atoms with Crippen LogP contribution in [0.25, 0.3) is 0 Å². The second kappa shape index (κ2) is 4.16. The Kier molecular flexibility index (Phi) is 3.31. The predicted octanol–water partition coefficient (Wildman–Crippen LogP) is -0.148. The van der Waals surface area contributed by atoms with Gasteiger partial charge in [0.15, 0.2) is 6.29 Å². The van der Waals surface area contributed by atoms with Gasteiger partial charge in [0, 0.05) is 0 Å². The molecule has 6 heteroatoms. The largest absolute Gasteiger partial charge is 0.466 e. The topological polar surface area (TPSA) is 71.1 Å². The van der Waals surface area contributed by atoms with Crippen LogP contribution in [0.5, 0.6) is 0 Å². The third-order valence-electron chi connectivity index (χ3n) is 2.30. The summed E-state index contributed by atoms with van der Waals surface area (Å²) in [6, 6.07) is 0. The highest BCUT2D eigenvalue weighted by molar-refractivity contribution is 6.04. The molecule has 1 fully saturated rings. The lowest BCUT2D eigenvalue weighted by molar-refractivity contribution is -0.186. The highest BCUT2D eigenvalue weighted by atomic mass is 16.8. The van der Waals surface area contributed by atoms with Crippen LogP contribution in [-0.2, 0) is 28.5 Å². The first-order chi connectivity index (χ1) is 6.98. The summed E-state index contributed by atoms with van der Waals surface area (Å²) in [5.74, 6) is -1.63. The van der Waals surface area contributed by atoms with Gasteiger partial charge in [-0.2, -0.15) is 0 Å². The Morgan fingerprint density at radius 2 is 1.60 bits per heavy atom. The number of methoxy groups -OCH3 is 2. The Morgan fingerprint density at radius 3 is 1.87 bits per heavy atom. The van der Waals surface area contributed by atoms with Crippen molar-refractivity contribution in [2.24, 2.45) is 0 Å². The van der Waals surface area contributed by atoms with Crippen molar-refractivity contribution in [3.8, 4) is 0 Å². The van der Waals surface area contributed by atoms with Crippen molar-refractivity contribution in [3.63, 3.8) is 0 Å². The van der Waals surface area contributed by atoms with E-state index in [1.54, 1.807) is 13.8 Å². The van der Waals surface area contributed by atoms with E-state index in [0.29, 0.717) is 0 Å². The van der Waals surface area contributed by atoms with Crippen molar-refractivity contribution in [1.82, 2.24) is 0 Å². The fourth-order valence-corrected chi connectivity index (χ4v) is 1.58. The Morgan fingerprint density at radius 1 is 1.13 bits per heavy atom. The summed E-state index contributed by atoms with van der Waals surface area (Å²) in [4.78, 5) is 23.1. The zero-order valence-corrected chi connectivity index (χ0v) is 9.10. The minimum Gasteiger partial charge on any atom is -0.466 e. The molecule has 0 aromatic heterocycles. The van der Waals surface area contributed by atoms with Gasteiger partial charge in [-0.05, 0) is 13.8 Å². The summed E-state index contributed by atoms with van der Waals surface area (Å²) < 4.78 is 19.5. The van der Waals surface area contributed by atoms with E-state index in [0.717, 1.165) is 0 Å². The molecule has 6 nitrogen and oxygen atoms in total. The molecular weight excluding hydrogens is 204 g/mol. The van der Waals surface area contributed by atoms with Gasteiger partial charge in [-0.25, -0.2) is 9.59 Å². The van der Waals surface area contributed by atoms with Crippen LogP contribution in [0.4, 0.5) is 0 Å². The summed E-state index contributed by atoms with van der Waals surface area (Å²) in [7, 11) is 2.35. The molecule has 0 saturated carbocycles. The number of carbonyl (C=O) groups excluding carboxylic acids is 2. The van der Waals surface area contributed by atoms with E-state index in [1.807, 2.05) is 0 Å². The van der Waals surface area contributed by atoms with Crippen molar-refractivity contribution in [2.75, 3.05) is 14.2 Å². The predicted molar refractivity (Wildman–Crippen MR) is 47.9 cm³/mol. The van der Waals surface area contributed by atoms with E-state index in [-0.39, 0.29) is 0 Å². The Balaban J connectivity index is 3.07. The maximum absolute atomic E-state index is 11.6. The number of ether oxygens (including phenoxy) is 4. The van der Waals surface area contributed by atoms with Crippen LogP contribution in [0, 0.1) is 0 Å². The van der Waals surface area contributed by atoms with Crippen molar-refractivity contribution in [3.05, 3.63) is 0 Å². The van der Waals surface area contributed by atoms with Gasteiger partial charge >= 0.3 is 11.9 Å². The van der Waals surface area contributed by atoms with Crippen molar-refractivity contribution in [1.29, 1.82) is 0 Å². The lowest BCUT2D eigenvalue weighted by Gasteiger charge is -2.24. The summed E-state index contributed by atoms with van der Waals surface area (Å²) in [5, 5.41) is 0. The molecule has 1 rings (SSSR count). The van der Waals surface area contributed by atoms with E-state index in [2.05, 4.69) is 9.47 Å². The molecule has 0 aromatic carbocycles. The number of hydrogen-bond donors (Lipinski definition) is 0. The number of rotatable bonds is 2. The standard InChI is InChI=1S/C9H14O6/c1-5-9(7(10)12-3,8(11)13-4)15-6(2)14-5/h5-6H,1-4H3. The maximum atomic E-state index is 11.6. The first kappa shape index (κ1) is 11.9. The molecule has 0 radical (unpaired) electrons. The lowest BCUT2D eigenvalue weighted by Crippen LogP contribution is -2.54. The first-order valence-electron chi connectivity index (χ1n) is 4.49. The van der Waals surface area contributed by atoms with Crippen LogP contribution in [0.2, 0.25) is 0 Å². The van der Waals surface area contributed by atoms with Gasteiger partial charge in [0.2, 0.25) is 0 Å². The first-order valence-corrected chi connectivity index (χ1v) is 4.49. The molecule has 1 heterocycles. The third kappa shape index (κ3) is 1.70. The Labute approximate surface area is 87.4 Å². The van der Waals surface area contributed by atoms with Crippen LogP contribution in [0.3, 0.4) is 0 Å². The fraction of sp³-hybridized carbons (Fsp3) is 0.778. The SMILES string of the molecule is COC(=O)C1(C(=O)OC)OC(C)OC1C. The summed E-state index contributed by atoms with van der Waals surface area (Å²) in [6.07, 6.45) is -1.40. The zero-order valence-electron chi connectivity index (χ0n) is 9.10. The quantitative estimate of drug-likeness (QED) is 0.474. The molecule has 86 valence electrons. The average molecular weight is 218 g/mol. The molecule has 0 spiro atoms. The monoisotopic (exact) mass is 218 g/mol. The normalized spacial score (nSPS) is 28.5. The second-order valence-electron chi connectivity index (χ2n) is 3.18. The van der Waals surface area contributed by atoms with Gasteiger partial charge in [-0.15, -0.1) is 0 Å².